The summed E-state index contributed by atoms with van der Waals surface area (Å²) in [5.74, 6) is 0.545. The fourth-order valence-electron chi connectivity index (χ4n) is 1.48. The maximum Gasteiger partial charge on any atom is 1.00 e. The fraction of sp³-hybridized carbons (Fsp3) is 0.143. The van der Waals surface area contributed by atoms with Gasteiger partial charge in [0.1, 0.15) is 11.4 Å². The largest absolute Gasteiger partial charge is 1.00 e. The summed E-state index contributed by atoms with van der Waals surface area (Å²) >= 11 is 6.17. The van der Waals surface area contributed by atoms with Crippen LogP contribution in [0.1, 0.15) is 11.1 Å². The quantitative estimate of drug-likeness (QED) is 0.619. The van der Waals surface area contributed by atoms with Gasteiger partial charge in [0.25, 0.3) is 0 Å². The van der Waals surface area contributed by atoms with Crippen molar-refractivity contribution in [2.45, 2.75) is 18.7 Å². The van der Waals surface area contributed by atoms with Crippen molar-refractivity contribution < 1.29 is 39.0 Å². The van der Waals surface area contributed by atoms with E-state index < -0.39 is 5.69 Å². The van der Waals surface area contributed by atoms with Gasteiger partial charge >= 0.3 is 29.6 Å². The second-order valence-corrected chi connectivity index (χ2v) is 10.1. The Morgan fingerprint density at radius 2 is 1.40 bits per heavy atom. The second-order valence-electron chi connectivity index (χ2n) is 4.26. The van der Waals surface area contributed by atoms with Crippen molar-refractivity contribution in [1.82, 2.24) is 0 Å². The molecule has 0 radical (unpaired) electrons. The van der Waals surface area contributed by atoms with E-state index in [1.165, 1.54) is 0 Å². The van der Waals surface area contributed by atoms with E-state index >= 15 is 0 Å². The zero-order chi connectivity index (χ0) is 13.9. The number of aryl methyl sites for hydroxylation is 2. The Kier molecular flexibility index (Phi) is 7.30. The van der Waals surface area contributed by atoms with E-state index in [0.717, 1.165) is 27.4 Å². The molecular weight excluding hydrogens is 318 g/mol. The first-order chi connectivity index (χ1) is 8.94. The van der Waals surface area contributed by atoms with Gasteiger partial charge in [0.2, 0.25) is 0 Å². The molecule has 1 unspecified atom stereocenters. The average Bonchev–Trinajstić information content (AvgIpc) is 2.34. The van der Waals surface area contributed by atoms with Crippen LogP contribution in [0.15, 0.2) is 53.4 Å². The summed E-state index contributed by atoms with van der Waals surface area (Å²) in [5.41, 5.74) is -0.888. The molecule has 0 saturated carbocycles. The minimum Gasteiger partial charge on any atom is -0.783 e. The van der Waals surface area contributed by atoms with Crippen molar-refractivity contribution in [2.24, 2.45) is 0 Å². The zero-order valence-electron chi connectivity index (χ0n) is 11.7. The maximum absolute atomic E-state index is 12.3. The smallest absolute Gasteiger partial charge is 0.783 e. The topological polar surface area (TPSA) is 32.3 Å². The summed E-state index contributed by atoms with van der Waals surface area (Å²) in [7, 11) is 0. The summed E-state index contributed by atoms with van der Waals surface area (Å²) in [6, 6.07) is 15.1. The summed E-state index contributed by atoms with van der Waals surface area (Å²) < 4.78 is 5.42. The van der Waals surface area contributed by atoms with E-state index in [9.17, 15) is 4.89 Å². The molecule has 0 bridgehead atoms. The van der Waals surface area contributed by atoms with Crippen molar-refractivity contribution in [3.63, 3.8) is 0 Å². The number of hydrogen-bond donors (Lipinski definition) is 0. The monoisotopic (exact) mass is 332 g/mol. The van der Waals surface area contributed by atoms with Crippen molar-refractivity contribution in [2.75, 3.05) is 0 Å². The Morgan fingerprint density at radius 1 is 0.950 bits per heavy atom. The molecule has 2 nitrogen and oxygen atoms in total. The first-order valence-electron chi connectivity index (χ1n) is 5.78. The van der Waals surface area contributed by atoms with Gasteiger partial charge in [-0.15, -0.1) is 0 Å². The molecule has 2 aromatic rings. The molecule has 2 rings (SSSR count). The molecule has 0 saturated heterocycles. The van der Waals surface area contributed by atoms with E-state index in [-0.39, 0.29) is 29.6 Å². The molecule has 0 fully saturated rings. The van der Waals surface area contributed by atoms with Gasteiger partial charge in [-0.05, 0) is 38.1 Å². The van der Waals surface area contributed by atoms with Gasteiger partial charge in [0.05, 0.1) is 0 Å². The molecule has 20 heavy (non-hydrogen) atoms. The van der Waals surface area contributed by atoms with Crippen LogP contribution in [0.3, 0.4) is 0 Å². The predicted molar refractivity (Wildman–Crippen MR) is 83.1 cm³/mol. The molecule has 0 aliphatic carbocycles. The Hall–Kier alpha value is 0.200. The van der Waals surface area contributed by atoms with Gasteiger partial charge in [0, 0.05) is 4.90 Å². The number of benzene rings is 2. The molecule has 0 N–H and O–H groups in total. The van der Waals surface area contributed by atoms with Crippen LogP contribution in [-0.4, -0.2) is 0 Å². The van der Waals surface area contributed by atoms with Crippen molar-refractivity contribution in [3.8, 4) is 5.75 Å². The van der Waals surface area contributed by atoms with Crippen molar-refractivity contribution in [3.05, 3.63) is 59.7 Å². The van der Waals surface area contributed by atoms with Crippen LogP contribution < -0.4 is 39.0 Å². The standard InChI is InChI=1S/C14H15O2PS2.Na/c1-11-3-7-13(8-4-11)16-17(15,18)19-14-9-5-12(2)6-10-14;/h3-10H,1-2H3,(H,15,18);/q;+1/p-1. The third-order valence-corrected chi connectivity index (χ3v) is 6.04. The third kappa shape index (κ3) is 5.90. The minimum atomic E-state index is -3.17. The molecule has 0 amide bonds. The summed E-state index contributed by atoms with van der Waals surface area (Å²) in [4.78, 5) is 13.1. The third-order valence-electron chi connectivity index (χ3n) is 2.48. The van der Waals surface area contributed by atoms with Crippen LogP contribution in [-0.2, 0) is 11.8 Å². The van der Waals surface area contributed by atoms with Crippen LogP contribution in [0.2, 0.25) is 0 Å². The van der Waals surface area contributed by atoms with Gasteiger partial charge in [-0.1, -0.05) is 58.6 Å². The molecule has 0 aromatic heterocycles. The first-order valence-corrected chi connectivity index (χ1v) is 9.84. The molecule has 2 aromatic carbocycles. The molecular formula is C14H14NaO2PS2. The number of hydrogen-bond acceptors (Lipinski definition) is 4. The van der Waals surface area contributed by atoms with Gasteiger partial charge in [-0.2, -0.15) is 0 Å². The van der Waals surface area contributed by atoms with Gasteiger partial charge in [-0.3, -0.25) is 0 Å². The van der Waals surface area contributed by atoms with E-state index in [2.05, 4.69) is 0 Å². The normalized spacial score (nSPS) is 13.2. The van der Waals surface area contributed by atoms with Crippen LogP contribution in [0.25, 0.3) is 0 Å². The Morgan fingerprint density at radius 3 is 1.90 bits per heavy atom. The first kappa shape index (κ1) is 18.2. The van der Waals surface area contributed by atoms with E-state index in [1.807, 2.05) is 50.2 Å². The average molecular weight is 332 g/mol. The molecule has 0 aliphatic heterocycles. The Bertz CT molecular complexity index is 548. The van der Waals surface area contributed by atoms with Crippen LogP contribution >= 0.6 is 17.1 Å². The summed E-state index contributed by atoms with van der Waals surface area (Å²) in [6.45, 7) is 3.99. The summed E-state index contributed by atoms with van der Waals surface area (Å²) in [6.07, 6.45) is 0. The van der Waals surface area contributed by atoms with Gasteiger partial charge in [-0.25, -0.2) is 0 Å². The molecule has 6 heteroatoms. The van der Waals surface area contributed by atoms with Crippen LogP contribution in [0.5, 0.6) is 5.75 Å². The van der Waals surface area contributed by atoms with Crippen LogP contribution in [0, 0.1) is 13.8 Å². The van der Waals surface area contributed by atoms with Gasteiger partial charge < -0.3 is 9.42 Å². The minimum absolute atomic E-state index is 0. The SMILES string of the molecule is Cc1ccc(OP([O-])(=S)Sc2ccc(C)cc2)cc1.[Na+]. The maximum atomic E-state index is 12.3. The summed E-state index contributed by atoms with van der Waals surface area (Å²) in [5, 5.41) is 0. The van der Waals surface area contributed by atoms with E-state index in [1.54, 1.807) is 12.1 Å². The van der Waals surface area contributed by atoms with Crippen LogP contribution in [0.4, 0.5) is 0 Å². The van der Waals surface area contributed by atoms with E-state index in [0.29, 0.717) is 5.75 Å². The predicted octanol–water partition coefficient (Wildman–Crippen LogP) is 1.06. The molecule has 0 heterocycles. The van der Waals surface area contributed by atoms with Crippen molar-refractivity contribution in [1.29, 1.82) is 0 Å². The Labute approximate surface area is 151 Å². The van der Waals surface area contributed by atoms with E-state index in [4.69, 9.17) is 16.3 Å². The van der Waals surface area contributed by atoms with Gasteiger partial charge in [0.15, 0.2) is 0 Å². The number of rotatable bonds is 4. The molecule has 1 atom stereocenters. The fourth-order valence-corrected chi connectivity index (χ4v) is 4.95. The zero-order valence-corrected chi connectivity index (χ0v) is 16.2. The molecule has 0 aliphatic rings. The molecule has 100 valence electrons. The second kappa shape index (κ2) is 8.00. The molecule has 0 spiro atoms. The Balaban J connectivity index is 0.00000200. The van der Waals surface area contributed by atoms with Crippen molar-refractivity contribution >= 4 is 28.9 Å².